The van der Waals surface area contributed by atoms with Gasteiger partial charge in [-0.25, -0.2) is 9.78 Å². The molecule has 0 bridgehead atoms. The Bertz CT molecular complexity index is 457. The van der Waals surface area contributed by atoms with Gasteiger partial charge >= 0.3 is 5.97 Å². The molecule has 2 heterocycles. The van der Waals surface area contributed by atoms with Gasteiger partial charge in [-0.05, 0) is 51.9 Å². The van der Waals surface area contributed by atoms with Crippen molar-refractivity contribution in [2.24, 2.45) is 0 Å². The molecule has 1 aromatic rings. The molecule has 2 rings (SSSR count). The minimum Gasteiger partial charge on any atom is -0.460 e. The van der Waals surface area contributed by atoms with Crippen LogP contribution in [0.15, 0.2) is 18.2 Å². The van der Waals surface area contributed by atoms with Gasteiger partial charge in [-0.1, -0.05) is 12.5 Å². The number of piperidine rings is 1. The quantitative estimate of drug-likeness (QED) is 0.816. The van der Waals surface area contributed by atoms with Crippen molar-refractivity contribution in [2.75, 3.05) is 31.6 Å². The zero-order chi connectivity index (χ0) is 15.1. The molecule has 0 aliphatic carbocycles. The first-order valence-electron chi connectivity index (χ1n) is 7.78. The van der Waals surface area contributed by atoms with E-state index in [0.29, 0.717) is 18.1 Å². The number of hydrogen-bond donors (Lipinski definition) is 1. The molecule has 5 heteroatoms. The van der Waals surface area contributed by atoms with E-state index < -0.39 is 0 Å². The summed E-state index contributed by atoms with van der Waals surface area (Å²) < 4.78 is 5.32. The van der Waals surface area contributed by atoms with Crippen molar-refractivity contribution >= 4 is 11.8 Å². The summed E-state index contributed by atoms with van der Waals surface area (Å²) in [6, 6.07) is 5.64. The first kappa shape index (κ1) is 15.8. The first-order valence-corrected chi connectivity index (χ1v) is 7.78. The number of anilines is 1. The number of pyridine rings is 1. The number of carbonyl (C=O) groups is 1. The standard InChI is InChI=1S/C16H25N3O2/c1-13(2)17-15-8-6-7-14(18-15)16(20)21-12-11-19-9-4-3-5-10-19/h6-8,13H,3-5,9-12H2,1-2H3,(H,17,18). The van der Waals surface area contributed by atoms with Gasteiger partial charge in [0.1, 0.15) is 12.4 Å². The summed E-state index contributed by atoms with van der Waals surface area (Å²) in [5.74, 6) is 0.356. The van der Waals surface area contributed by atoms with Crippen molar-refractivity contribution in [1.82, 2.24) is 9.88 Å². The van der Waals surface area contributed by atoms with Crippen LogP contribution in [0.3, 0.4) is 0 Å². The summed E-state index contributed by atoms with van der Waals surface area (Å²) in [6.07, 6.45) is 3.81. The number of rotatable bonds is 6. The van der Waals surface area contributed by atoms with Crippen molar-refractivity contribution in [3.8, 4) is 0 Å². The van der Waals surface area contributed by atoms with Crippen LogP contribution in [0.1, 0.15) is 43.6 Å². The SMILES string of the molecule is CC(C)Nc1cccc(C(=O)OCCN2CCCCC2)n1. The molecular weight excluding hydrogens is 266 g/mol. The van der Waals surface area contributed by atoms with Gasteiger partial charge in [-0.3, -0.25) is 4.90 Å². The smallest absolute Gasteiger partial charge is 0.357 e. The largest absolute Gasteiger partial charge is 0.460 e. The van der Waals surface area contributed by atoms with Gasteiger partial charge in [0.05, 0.1) is 0 Å². The number of likely N-dealkylation sites (tertiary alicyclic amines) is 1. The fraction of sp³-hybridized carbons (Fsp3) is 0.625. The summed E-state index contributed by atoms with van der Waals surface area (Å²) in [5, 5.41) is 3.18. The van der Waals surface area contributed by atoms with Gasteiger partial charge in [0.25, 0.3) is 0 Å². The Labute approximate surface area is 126 Å². The van der Waals surface area contributed by atoms with Crippen molar-refractivity contribution in [3.63, 3.8) is 0 Å². The molecule has 21 heavy (non-hydrogen) atoms. The molecule has 0 saturated carbocycles. The van der Waals surface area contributed by atoms with E-state index >= 15 is 0 Å². The lowest BCUT2D eigenvalue weighted by molar-refractivity contribution is 0.0445. The van der Waals surface area contributed by atoms with Crippen molar-refractivity contribution in [1.29, 1.82) is 0 Å². The number of esters is 1. The van der Waals surface area contributed by atoms with Gasteiger partial charge in [0.2, 0.25) is 0 Å². The van der Waals surface area contributed by atoms with E-state index in [4.69, 9.17) is 4.74 Å². The maximum atomic E-state index is 12.0. The third-order valence-electron chi connectivity index (χ3n) is 3.48. The van der Waals surface area contributed by atoms with Gasteiger partial charge in [-0.15, -0.1) is 0 Å². The summed E-state index contributed by atoms with van der Waals surface area (Å²) in [4.78, 5) is 18.6. The van der Waals surface area contributed by atoms with Crippen LogP contribution in [0.5, 0.6) is 0 Å². The summed E-state index contributed by atoms with van der Waals surface area (Å²) >= 11 is 0. The lowest BCUT2D eigenvalue weighted by Gasteiger charge is -2.25. The van der Waals surface area contributed by atoms with Crippen molar-refractivity contribution in [3.05, 3.63) is 23.9 Å². The topological polar surface area (TPSA) is 54.5 Å². The number of carbonyl (C=O) groups excluding carboxylic acids is 1. The second kappa shape index (κ2) is 7.98. The fourth-order valence-corrected chi connectivity index (χ4v) is 2.45. The third-order valence-corrected chi connectivity index (χ3v) is 3.48. The van der Waals surface area contributed by atoms with Crippen LogP contribution in [0.25, 0.3) is 0 Å². The van der Waals surface area contributed by atoms with E-state index in [9.17, 15) is 4.79 Å². The average molecular weight is 291 g/mol. The van der Waals surface area contributed by atoms with Crippen LogP contribution >= 0.6 is 0 Å². The van der Waals surface area contributed by atoms with Gasteiger partial charge < -0.3 is 10.1 Å². The fourth-order valence-electron chi connectivity index (χ4n) is 2.45. The summed E-state index contributed by atoms with van der Waals surface area (Å²) in [5.41, 5.74) is 0.360. The molecule has 5 nitrogen and oxygen atoms in total. The first-order chi connectivity index (χ1) is 10.1. The number of hydrogen-bond acceptors (Lipinski definition) is 5. The monoisotopic (exact) mass is 291 g/mol. The number of ether oxygens (including phenoxy) is 1. The zero-order valence-corrected chi connectivity index (χ0v) is 13.0. The molecule has 1 aromatic heterocycles. The van der Waals surface area contributed by atoms with Crippen LogP contribution in [0.4, 0.5) is 5.82 Å². The number of nitrogens with one attached hydrogen (secondary N) is 1. The molecule has 1 N–H and O–H groups in total. The Balaban J connectivity index is 1.79. The molecule has 0 radical (unpaired) electrons. The summed E-state index contributed by atoms with van der Waals surface area (Å²) in [6.45, 7) is 7.54. The summed E-state index contributed by atoms with van der Waals surface area (Å²) in [7, 11) is 0. The van der Waals surface area contributed by atoms with Crippen molar-refractivity contribution in [2.45, 2.75) is 39.2 Å². The molecule has 1 fully saturated rings. The van der Waals surface area contributed by atoms with Gasteiger partial charge in [0.15, 0.2) is 5.69 Å². The Kier molecular flexibility index (Phi) is 5.99. The Morgan fingerprint density at radius 1 is 1.33 bits per heavy atom. The second-order valence-electron chi connectivity index (χ2n) is 5.75. The highest BCUT2D eigenvalue weighted by atomic mass is 16.5. The molecular formula is C16H25N3O2. The Morgan fingerprint density at radius 2 is 2.10 bits per heavy atom. The van der Waals surface area contributed by atoms with E-state index in [2.05, 4.69) is 15.2 Å². The van der Waals surface area contributed by atoms with Crippen LogP contribution in [0, 0.1) is 0 Å². The zero-order valence-electron chi connectivity index (χ0n) is 13.0. The minimum atomic E-state index is -0.348. The molecule has 0 unspecified atom stereocenters. The van der Waals surface area contributed by atoms with E-state index in [0.717, 1.165) is 19.6 Å². The predicted octanol–water partition coefficient (Wildman–Crippen LogP) is 2.54. The molecule has 1 aliphatic rings. The third kappa shape index (κ3) is 5.34. The van der Waals surface area contributed by atoms with E-state index in [1.54, 1.807) is 6.07 Å². The molecule has 0 atom stereocenters. The van der Waals surface area contributed by atoms with Crippen LogP contribution in [-0.4, -0.2) is 48.1 Å². The Hall–Kier alpha value is -1.62. The van der Waals surface area contributed by atoms with Crippen molar-refractivity contribution < 1.29 is 9.53 Å². The maximum Gasteiger partial charge on any atom is 0.357 e. The second-order valence-corrected chi connectivity index (χ2v) is 5.75. The van der Waals surface area contributed by atoms with E-state index in [1.165, 1.54) is 19.3 Å². The average Bonchev–Trinajstić information content (AvgIpc) is 2.48. The molecule has 1 aliphatic heterocycles. The highest BCUT2D eigenvalue weighted by Crippen LogP contribution is 2.09. The lowest BCUT2D eigenvalue weighted by atomic mass is 10.1. The van der Waals surface area contributed by atoms with E-state index in [-0.39, 0.29) is 12.0 Å². The lowest BCUT2D eigenvalue weighted by Crippen LogP contribution is -2.33. The molecule has 116 valence electrons. The maximum absolute atomic E-state index is 12.0. The number of nitrogens with zero attached hydrogens (tertiary/aromatic N) is 2. The minimum absolute atomic E-state index is 0.280. The number of aromatic nitrogens is 1. The molecule has 0 amide bonds. The molecule has 0 spiro atoms. The highest BCUT2D eigenvalue weighted by Gasteiger charge is 2.13. The predicted molar refractivity (Wildman–Crippen MR) is 83.6 cm³/mol. The van der Waals surface area contributed by atoms with Crippen LogP contribution in [-0.2, 0) is 4.74 Å². The molecule has 0 aromatic carbocycles. The van der Waals surface area contributed by atoms with Gasteiger partial charge in [0, 0.05) is 12.6 Å². The van der Waals surface area contributed by atoms with E-state index in [1.807, 2.05) is 26.0 Å². The van der Waals surface area contributed by atoms with Crippen LogP contribution in [0.2, 0.25) is 0 Å². The van der Waals surface area contributed by atoms with Crippen LogP contribution < -0.4 is 5.32 Å². The molecule has 1 saturated heterocycles. The normalized spacial score (nSPS) is 16.0. The van der Waals surface area contributed by atoms with Gasteiger partial charge in [-0.2, -0.15) is 0 Å². The highest BCUT2D eigenvalue weighted by molar-refractivity contribution is 5.87. The Morgan fingerprint density at radius 3 is 2.81 bits per heavy atom.